The molecule has 1 rings (SSSR count). The van der Waals surface area contributed by atoms with Crippen molar-refractivity contribution >= 4 is 0 Å². The molecule has 7 nitrogen and oxygen atoms in total. The standard InChI is InChI=1S/C11H17N7/c1-9(2)18-8-10(7-16-18)11(6-12)14-4-3-5-15-17-13/h7-9,11,14H,3-5H2,1-2H3. The van der Waals surface area contributed by atoms with Crippen LogP contribution in [0.25, 0.3) is 10.4 Å². The van der Waals surface area contributed by atoms with Crippen molar-refractivity contribution in [1.29, 1.82) is 5.26 Å². The molecule has 0 fully saturated rings. The second-order valence-electron chi connectivity index (χ2n) is 4.17. The lowest BCUT2D eigenvalue weighted by Gasteiger charge is -2.09. The summed E-state index contributed by atoms with van der Waals surface area (Å²) in [6.45, 7) is 5.13. The van der Waals surface area contributed by atoms with E-state index >= 15 is 0 Å². The van der Waals surface area contributed by atoms with Gasteiger partial charge in [-0.25, -0.2) is 0 Å². The van der Waals surface area contributed by atoms with Crippen molar-refractivity contribution in [2.75, 3.05) is 13.1 Å². The monoisotopic (exact) mass is 247 g/mol. The molecule has 1 N–H and O–H groups in total. The van der Waals surface area contributed by atoms with Crippen LogP contribution in [0.1, 0.15) is 37.9 Å². The van der Waals surface area contributed by atoms with Crippen molar-refractivity contribution in [2.45, 2.75) is 32.4 Å². The van der Waals surface area contributed by atoms with Gasteiger partial charge >= 0.3 is 0 Å². The molecular weight excluding hydrogens is 230 g/mol. The molecular formula is C11H17N7. The van der Waals surface area contributed by atoms with Crippen LogP contribution in [0.3, 0.4) is 0 Å². The fraction of sp³-hybridized carbons (Fsp3) is 0.636. The van der Waals surface area contributed by atoms with E-state index in [0.717, 1.165) is 5.56 Å². The van der Waals surface area contributed by atoms with Crippen molar-refractivity contribution in [3.05, 3.63) is 28.4 Å². The van der Waals surface area contributed by atoms with Crippen LogP contribution in [0, 0.1) is 11.3 Å². The Bertz CT molecular complexity index is 450. The quantitative estimate of drug-likeness (QED) is 0.346. The van der Waals surface area contributed by atoms with Crippen molar-refractivity contribution in [3.63, 3.8) is 0 Å². The Kier molecular flexibility index (Phi) is 5.71. The van der Waals surface area contributed by atoms with Crippen LogP contribution in [0.2, 0.25) is 0 Å². The Hall–Kier alpha value is -2.03. The van der Waals surface area contributed by atoms with Crippen molar-refractivity contribution in [2.24, 2.45) is 5.11 Å². The summed E-state index contributed by atoms with van der Waals surface area (Å²) >= 11 is 0. The molecule has 18 heavy (non-hydrogen) atoms. The number of aromatic nitrogens is 2. The molecule has 0 aliphatic carbocycles. The first-order valence-electron chi connectivity index (χ1n) is 5.87. The third-order valence-electron chi connectivity index (χ3n) is 2.46. The van der Waals surface area contributed by atoms with Crippen LogP contribution in [-0.2, 0) is 0 Å². The van der Waals surface area contributed by atoms with Crippen LogP contribution >= 0.6 is 0 Å². The average molecular weight is 247 g/mol. The predicted octanol–water partition coefficient (Wildman–Crippen LogP) is 2.32. The minimum absolute atomic E-state index is 0.281. The van der Waals surface area contributed by atoms with Gasteiger partial charge in [0.1, 0.15) is 6.04 Å². The van der Waals surface area contributed by atoms with Crippen LogP contribution < -0.4 is 5.32 Å². The third kappa shape index (κ3) is 4.09. The summed E-state index contributed by atoms with van der Waals surface area (Å²) in [6.07, 6.45) is 4.29. The summed E-state index contributed by atoms with van der Waals surface area (Å²) < 4.78 is 1.82. The summed E-state index contributed by atoms with van der Waals surface area (Å²) in [5, 5.41) is 19.8. The van der Waals surface area contributed by atoms with Crippen LogP contribution in [0.5, 0.6) is 0 Å². The molecule has 0 saturated carbocycles. The molecule has 0 bridgehead atoms. The van der Waals surface area contributed by atoms with Crippen molar-refractivity contribution < 1.29 is 0 Å². The summed E-state index contributed by atoms with van der Waals surface area (Å²) in [6, 6.07) is 2.10. The maximum absolute atomic E-state index is 9.10. The first-order chi connectivity index (χ1) is 8.69. The topological polar surface area (TPSA) is 102 Å². The maximum atomic E-state index is 9.10. The number of nitriles is 1. The van der Waals surface area contributed by atoms with E-state index in [2.05, 4.69) is 26.5 Å². The third-order valence-corrected chi connectivity index (χ3v) is 2.46. The molecule has 0 aliphatic rings. The lowest BCUT2D eigenvalue weighted by Crippen LogP contribution is -2.21. The van der Waals surface area contributed by atoms with Gasteiger partial charge in [0.25, 0.3) is 0 Å². The van der Waals surface area contributed by atoms with Gasteiger partial charge in [-0.15, -0.1) is 0 Å². The van der Waals surface area contributed by atoms with E-state index in [9.17, 15) is 0 Å². The normalized spacial score (nSPS) is 11.9. The number of hydrogen-bond donors (Lipinski definition) is 1. The van der Waals surface area contributed by atoms with E-state index in [1.165, 1.54) is 0 Å². The van der Waals surface area contributed by atoms with Gasteiger partial charge < -0.3 is 0 Å². The second-order valence-corrected chi connectivity index (χ2v) is 4.17. The van der Waals surface area contributed by atoms with E-state index in [4.69, 9.17) is 10.8 Å². The molecule has 1 unspecified atom stereocenters. The number of hydrogen-bond acceptors (Lipinski definition) is 4. The lowest BCUT2D eigenvalue weighted by atomic mass is 10.2. The first kappa shape index (κ1) is 14.0. The highest BCUT2D eigenvalue weighted by Gasteiger charge is 2.12. The largest absolute Gasteiger partial charge is 0.298 e. The molecule has 0 amide bonds. The highest BCUT2D eigenvalue weighted by molar-refractivity contribution is 5.17. The minimum atomic E-state index is -0.372. The molecule has 1 aromatic heterocycles. The molecule has 7 heteroatoms. The van der Waals surface area contributed by atoms with E-state index in [1.54, 1.807) is 6.20 Å². The summed E-state index contributed by atoms with van der Waals surface area (Å²) in [7, 11) is 0. The lowest BCUT2D eigenvalue weighted by molar-refractivity contribution is 0.530. The molecule has 1 heterocycles. The highest BCUT2D eigenvalue weighted by Crippen LogP contribution is 2.13. The van der Waals surface area contributed by atoms with E-state index in [0.29, 0.717) is 19.5 Å². The predicted molar refractivity (Wildman–Crippen MR) is 67.6 cm³/mol. The molecule has 0 aromatic carbocycles. The molecule has 0 radical (unpaired) electrons. The summed E-state index contributed by atoms with van der Waals surface area (Å²) in [5.74, 6) is 0. The minimum Gasteiger partial charge on any atom is -0.298 e. The highest BCUT2D eigenvalue weighted by atomic mass is 15.3. The Labute approximate surface area is 106 Å². The van der Waals surface area contributed by atoms with Gasteiger partial charge in [-0.1, -0.05) is 5.11 Å². The van der Waals surface area contributed by atoms with Crippen LogP contribution in [-0.4, -0.2) is 22.9 Å². The van der Waals surface area contributed by atoms with Crippen molar-refractivity contribution in [3.8, 4) is 6.07 Å². The molecule has 1 aromatic rings. The molecule has 0 saturated heterocycles. The van der Waals surface area contributed by atoms with Gasteiger partial charge in [0.2, 0.25) is 0 Å². The Balaban J connectivity index is 2.50. The zero-order valence-electron chi connectivity index (χ0n) is 10.6. The second kappa shape index (κ2) is 7.33. The number of nitrogens with one attached hydrogen (secondary N) is 1. The van der Waals surface area contributed by atoms with Gasteiger partial charge in [-0.05, 0) is 32.3 Å². The zero-order valence-corrected chi connectivity index (χ0v) is 10.6. The van der Waals surface area contributed by atoms with Crippen LogP contribution in [0.15, 0.2) is 17.5 Å². The zero-order chi connectivity index (χ0) is 13.4. The maximum Gasteiger partial charge on any atom is 0.124 e. The number of rotatable bonds is 7. The Morgan fingerprint density at radius 3 is 3.00 bits per heavy atom. The Morgan fingerprint density at radius 2 is 2.44 bits per heavy atom. The van der Waals surface area contributed by atoms with Gasteiger partial charge in [0.05, 0.1) is 12.3 Å². The van der Waals surface area contributed by atoms with Gasteiger partial charge in [-0.3, -0.25) is 10.00 Å². The van der Waals surface area contributed by atoms with Crippen molar-refractivity contribution in [1.82, 2.24) is 15.1 Å². The molecule has 96 valence electrons. The number of azide groups is 1. The van der Waals surface area contributed by atoms with Gasteiger partial charge in [0.15, 0.2) is 0 Å². The fourth-order valence-corrected chi connectivity index (χ4v) is 1.46. The van der Waals surface area contributed by atoms with E-state index in [1.807, 2.05) is 24.7 Å². The SMILES string of the molecule is CC(C)n1cc(C(C#N)NCCCN=[N+]=[N-])cn1. The Morgan fingerprint density at radius 1 is 1.67 bits per heavy atom. The smallest absolute Gasteiger partial charge is 0.124 e. The van der Waals surface area contributed by atoms with E-state index in [-0.39, 0.29) is 12.1 Å². The summed E-state index contributed by atoms with van der Waals surface area (Å²) in [4.78, 5) is 2.67. The average Bonchev–Trinajstić information content (AvgIpc) is 2.83. The fourth-order valence-electron chi connectivity index (χ4n) is 1.46. The number of nitrogens with zero attached hydrogens (tertiary/aromatic N) is 6. The van der Waals surface area contributed by atoms with Gasteiger partial charge in [0, 0.05) is 29.3 Å². The molecule has 0 spiro atoms. The van der Waals surface area contributed by atoms with Crippen LogP contribution in [0.4, 0.5) is 0 Å². The van der Waals surface area contributed by atoms with Gasteiger partial charge in [-0.2, -0.15) is 10.4 Å². The molecule has 1 atom stereocenters. The first-order valence-corrected chi connectivity index (χ1v) is 5.87. The molecule has 0 aliphatic heterocycles. The van der Waals surface area contributed by atoms with E-state index < -0.39 is 0 Å². The summed E-state index contributed by atoms with van der Waals surface area (Å²) in [5.41, 5.74) is 8.98.